The third kappa shape index (κ3) is 2.48. The normalized spacial score (nSPS) is 14.9. The largest absolute Gasteiger partial charge is 0.490 e. The van der Waals surface area contributed by atoms with Crippen LogP contribution in [0.2, 0.25) is 0 Å². The molecule has 0 N–H and O–H groups in total. The molecule has 1 heterocycles. The molecule has 1 fully saturated rings. The highest BCUT2D eigenvalue weighted by atomic mass is 16.6. The molecule has 0 aliphatic carbocycles. The Labute approximate surface area is 114 Å². The van der Waals surface area contributed by atoms with E-state index in [0.29, 0.717) is 26.3 Å². The number of methoxy groups -OCH3 is 1. The second-order valence-corrected chi connectivity index (χ2v) is 4.10. The molecular weight excluding hydrogens is 270 g/mol. The highest BCUT2D eigenvalue weighted by Gasteiger charge is 2.35. The fourth-order valence-electron chi connectivity index (χ4n) is 2.13. The van der Waals surface area contributed by atoms with Crippen molar-refractivity contribution in [1.29, 1.82) is 0 Å². The molecule has 0 spiro atoms. The van der Waals surface area contributed by atoms with Gasteiger partial charge in [-0.15, -0.1) is 0 Å². The van der Waals surface area contributed by atoms with Crippen molar-refractivity contribution in [3.63, 3.8) is 0 Å². The maximum absolute atomic E-state index is 11.2. The molecule has 0 amide bonds. The molecule has 1 aliphatic heterocycles. The van der Waals surface area contributed by atoms with Crippen molar-refractivity contribution in [2.24, 2.45) is 0 Å². The van der Waals surface area contributed by atoms with Crippen LogP contribution < -0.4 is 9.64 Å². The van der Waals surface area contributed by atoms with Crippen molar-refractivity contribution < 1.29 is 19.3 Å². The van der Waals surface area contributed by atoms with Gasteiger partial charge >= 0.3 is 11.4 Å². The van der Waals surface area contributed by atoms with Crippen molar-refractivity contribution in [3.05, 3.63) is 32.4 Å². The number of morpholine rings is 1. The Morgan fingerprint density at radius 3 is 2.25 bits per heavy atom. The molecule has 0 unspecified atom stereocenters. The van der Waals surface area contributed by atoms with Crippen molar-refractivity contribution >= 4 is 17.1 Å². The quantitative estimate of drug-likeness (QED) is 0.606. The second kappa shape index (κ2) is 5.70. The van der Waals surface area contributed by atoms with E-state index in [9.17, 15) is 20.2 Å². The summed E-state index contributed by atoms with van der Waals surface area (Å²) in [5.74, 6) is -0.126. The molecule has 1 aromatic rings. The maximum Gasteiger partial charge on any atom is 0.389 e. The topological polar surface area (TPSA) is 108 Å². The summed E-state index contributed by atoms with van der Waals surface area (Å²) in [6, 6.07) is 2.84. The summed E-state index contributed by atoms with van der Waals surface area (Å²) in [6.07, 6.45) is 0. The minimum Gasteiger partial charge on any atom is -0.490 e. The molecule has 0 saturated carbocycles. The standard InChI is InChI=1S/C11H13N3O6/c1-19-9-3-2-8(12-4-6-20-7-5-12)10(13(15)16)11(9)14(17)18/h2-3H,4-7H2,1H3. The van der Waals surface area contributed by atoms with Crippen LogP contribution in [0.5, 0.6) is 5.75 Å². The zero-order valence-corrected chi connectivity index (χ0v) is 10.8. The van der Waals surface area contributed by atoms with Gasteiger partial charge < -0.3 is 14.4 Å². The third-order valence-corrected chi connectivity index (χ3v) is 3.03. The first-order chi connectivity index (χ1) is 9.56. The molecule has 0 aromatic heterocycles. The van der Waals surface area contributed by atoms with E-state index in [4.69, 9.17) is 9.47 Å². The number of nitrogens with zero attached hydrogens (tertiary/aromatic N) is 3. The molecule has 1 aliphatic rings. The molecule has 9 heteroatoms. The lowest BCUT2D eigenvalue weighted by molar-refractivity contribution is -0.422. The van der Waals surface area contributed by atoms with Crippen LogP contribution in [0.3, 0.4) is 0 Å². The first-order valence-electron chi connectivity index (χ1n) is 5.88. The second-order valence-electron chi connectivity index (χ2n) is 4.10. The maximum atomic E-state index is 11.2. The summed E-state index contributed by atoms with van der Waals surface area (Å²) in [4.78, 5) is 22.5. The Balaban J connectivity index is 2.59. The van der Waals surface area contributed by atoms with Crippen LogP contribution in [-0.2, 0) is 4.74 Å². The van der Waals surface area contributed by atoms with E-state index in [2.05, 4.69) is 0 Å². The number of anilines is 1. The van der Waals surface area contributed by atoms with Crippen molar-refractivity contribution in [2.45, 2.75) is 0 Å². The molecular formula is C11H13N3O6. The monoisotopic (exact) mass is 283 g/mol. The fraction of sp³-hybridized carbons (Fsp3) is 0.455. The van der Waals surface area contributed by atoms with E-state index >= 15 is 0 Å². The van der Waals surface area contributed by atoms with Gasteiger partial charge in [0.25, 0.3) is 0 Å². The van der Waals surface area contributed by atoms with Gasteiger partial charge in [-0.3, -0.25) is 20.2 Å². The number of rotatable bonds is 4. The molecule has 0 radical (unpaired) electrons. The molecule has 9 nitrogen and oxygen atoms in total. The SMILES string of the molecule is COc1ccc(N2CCOCC2)c([N+](=O)[O-])c1[N+](=O)[O-]. The van der Waals surface area contributed by atoms with Gasteiger partial charge in [-0.05, 0) is 12.1 Å². The Morgan fingerprint density at radius 1 is 1.15 bits per heavy atom. The summed E-state index contributed by atoms with van der Waals surface area (Å²) in [5, 5.41) is 22.4. The third-order valence-electron chi connectivity index (χ3n) is 3.03. The van der Waals surface area contributed by atoms with Gasteiger partial charge in [0.1, 0.15) is 5.69 Å². The van der Waals surface area contributed by atoms with Gasteiger partial charge in [0.15, 0.2) is 0 Å². The minimum atomic E-state index is -0.791. The van der Waals surface area contributed by atoms with Gasteiger partial charge in [-0.2, -0.15) is 0 Å². The van der Waals surface area contributed by atoms with E-state index in [1.807, 2.05) is 0 Å². The van der Waals surface area contributed by atoms with Crippen LogP contribution in [-0.4, -0.2) is 43.3 Å². The summed E-state index contributed by atoms with van der Waals surface area (Å²) in [5.41, 5.74) is -0.955. The Hall–Kier alpha value is -2.42. The Bertz CT molecular complexity index is 541. The average Bonchev–Trinajstić information content (AvgIpc) is 2.46. The van der Waals surface area contributed by atoms with Gasteiger partial charge in [0, 0.05) is 13.1 Å². The van der Waals surface area contributed by atoms with Crippen molar-refractivity contribution in [3.8, 4) is 5.75 Å². The van der Waals surface area contributed by atoms with E-state index < -0.39 is 21.2 Å². The van der Waals surface area contributed by atoms with E-state index in [0.717, 1.165) is 0 Å². The van der Waals surface area contributed by atoms with Gasteiger partial charge in [0.05, 0.1) is 30.2 Å². The number of nitro groups is 2. The number of hydrogen-bond acceptors (Lipinski definition) is 7. The predicted molar refractivity (Wildman–Crippen MR) is 69.3 cm³/mol. The molecule has 108 valence electrons. The Morgan fingerprint density at radius 2 is 1.75 bits per heavy atom. The Kier molecular flexibility index (Phi) is 3.99. The zero-order valence-electron chi connectivity index (χ0n) is 10.8. The molecule has 0 bridgehead atoms. The van der Waals surface area contributed by atoms with Crippen LogP contribution in [0, 0.1) is 20.2 Å². The first-order valence-corrected chi connectivity index (χ1v) is 5.88. The summed E-state index contributed by atoms with van der Waals surface area (Å²) < 4.78 is 10.0. The smallest absolute Gasteiger partial charge is 0.389 e. The number of benzene rings is 1. The minimum absolute atomic E-state index is 0.126. The van der Waals surface area contributed by atoms with Gasteiger partial charge in [-0.1, -0.05) is 0 Å². The van der Waals surface area contributed by atoms with Crippen LogP contribution in [0.4, 0.5) is 17.1 Å². The van der Waals surface area contributed by atoms with Crippen molar-refractivity contribution in [2.75, 3.05) is 38.3 Å². The zero-order chi connectivity index (χ0) is 14.7. The lowest BCUT2D eigenvalue weighted by Crippen LogP contribution is -2.36. The highest BCUT2D eigenvalue weighted by Crippen LogP contribution is 2.43. The van der Waals surface area contributed by atoms with Crippen LogP contribution >= 0.6 is 0 Å². The fourth-order valence-corrected chi connectivity index (χ4v) is 2.13. The molecule has 2 rings (SSSR count). The number of nitro benzene ring substituents is 2. The molecule has 20 heavy (non-hydrogen) atoms. The van der Waals surface area contributed by atoms with Gasteiger partial charge in [-0.25, -0.2) is 0 Å². The van der Waals surface area contributed by atoms with Crippen LogP contribution in [0.1, 0.15) is 0 Å². The lowest BCUT2D eigenvalue weighted by Gasteiger charge is -2.28. The molecule has 1 aromatic carbocycles. The van der Waals surface area contributed by atoms with E-state index in [1.54, 1.807) is 4.90 Å². The van der Waals surface area contributed by atoms with Gasteiger partial charge in [0.2, 0.25) is 5.75 Å². The van der Waals surface area contributed by atoms with E-state index in [1.165, 1.54) is 19.2 Å². The predicted octanol–water partition coefficient (Wildman–Crippen LogP) is 1.35. The average molecular weight is 283 g/mol. The lowest BCUT2D eigenvalue weighted by atomic mass is 10.2. The number of ether oxygens (including phenoxy) is 2. The van der Waals surface area contributed by atoms with Crippen LogP contribution in [0.15, 0.2) is 12.1 Å². The first kappa shape index (κ1) is 14.0. The molecule has 1 saturated heterocycles. The van der Waals surface area contributed by atoms with Crippen LogP contribution in [0.25, 0.3) is 0 Å². The van der Waals surface area contributed by atoms with Crippen molar-refractivity contribution in [1.82, 2.24) is 0 Å². The highest BCUT2D eigenvalue weighted by molar-refractivity contribution is 5.77. The summed E-state index contributed by atoms with van der Waals surface area (Å²) in [6.45, 7) is 1.75. The number of hydrogen-bond donors (Lipinski definition) is 0. The molecule has 0 atom stereocenters. The summed E-state index contributed by atoms with van der Waals surface area (Å²) >= 11 is 0. The summed E-state index contributed by atoms with van der Waals surface area (Å²) in [7, 11) is 1.24. The van der Waals surface area contributed by atoms with E-state index in [-0.39, 0.29) is 11.4 Å².